The maximum absolute atomic E-state index is 11.6. The van der Waals surface area contributed by atoms with E-state index < -0.39 is 36.0 Å². The molecule has 8 nitrogen and oxygen atoms in total. The quantitative estimate of drug-likeness (QED) is 0.567. The number of alkyl carbamates (subject to hydrolysis) is 1. The molecule has 8 heteroatoms. The van der Waals surface area contributed by atoms with E-state index in [1.807, 2.05) is 0 Å². The molecule has 120 valence electrons. The summed E-state index contributed by atoms with van der Waals surface area (Å²) in [6, 6.07) is -1.46. The number of nitrogens with one attached hydrogen (secondary N) is 1. The number of hydrogen-bond acceptors (Lipinski definition) is 6. The van der Waals surface area contributed by atoms with Crippen molar-refractivity contribution in [2.24, 2.45) is 0 Å². The summed E-state index contributed by atoms with van der Waals surface area (Å²) in [6.07, 6.45) is -1.80. The summed E-state index contributed by atoms with van der Waals surface area (Å²) in [5.41, 5.74) is -0.778. The van der Waals surface area contributed by atoms with E-state index in [0.717, 1.165) is 0 Å². The average Bonchev–Trinajstić information content (AvgIpc) is 2.30. The van der Waals surface area contributed by atoms with Crippen molar-refractivity contribution >= 4 is 18.2 Å². The third-order valence-electron chi connectivity index (χ3n) is 2.01. The Morgan fingerprint density at radius 2 is 1.90 bits per heavy atom. The van der Waals surface area contributed by atoms with Crippen LogP contribution < -0.4 is 5.32 Å². The van der Waals surface area contributed by atoms with Crippen LogP contribution in [0.2, 0.25) is 0 Å². The highest BCUT2D eigenvalue weighted by atomic mass is 16.7. The average molecular weight is 303 g/mol. The Bertz CT molecular complexity index is 400. The van der Waals surface area contributed by atoms with Crippen LogP contribution in [0, 0.1) is 0 Å². The number of carbonyl (C=O) groups excluding carboxylic acids is 2. The van der Waals surface area contributed by atoms with E-state index in [1.54, 1.807) is 20.8 Å². The Morgan fingerprint density at radius 3 is 2.33 bits per heavy atom. The minimum Gasteiger partial charge on any atom is -0.480 e. The normalized spacial score (nSPS) is 13.5. The van der Waals surface area contributed by atoms with Gasteiger partial charge in [0.2, 0.25) is 0 Å². The number of carboxylic acid groups (broad SMARTS) is 1. The van der Waals surface area contributed by atoms with Gasteiger partial charge in [0.05, 0.1) is 0 Å². The van der Waals surface area contributed by atoms with Crippen molar-refractivity contribution in [3.8, 4) is 0 Å². The predicted molar refractivity (Wildman–Crippen MR) is 72.9 cm³/mol. The van der Waals surface area contributed by atoms with E-state index in [2.05, 4.69) is 16.6 Å². The predicted octanol–water partition coefficient (Wildman–Crippen LogP) is 1.69. The first kappa shape index (κ1) is 18.8. The van der Waals surface area contributed by atoms with Gasteiger partial charge < -0.3 is 24.6 Å². The van der Waals surface area contributed by atoms with Gasteiger partial charge in [-0.15, -0.1) is 0 Å². The monoisotopic (exact) mass is 303 g/mol. The molecule has 21 heavy (non-hydrogen) atoms. The zero-order valence-electron chi connectivity index (χ0n) is 12.5. The molecule has 0 rings (SSSR count). The number of carbonyl (C=O) groups is 3. The van der Waals surface area contributed by atoms with E-state index in [4.69, 9.17) is 14.6 Å². The maximum Gasteiger partial charge on any atom is 0.508 e. The summed E-state index contributed by atoms with van der Waals surface area (Å²) in [4.78, 5) is 33.9. The minimum atomic E-state index is -1.46. The van der Waals surface area contributed by atoms with E-state index in [0.29, 0.717) is 0 Å². The highest BCUT2D eigenvalue weighted by Crippen LogP contribution is 2.08. The summed E-state index contributed by atoms with van der Waals surface area (Å²) in [6.45, 7) is 9.49. The lowest BCUT2D eigenvalue weighted by Gasteiger charge is -2.24. The second kappa shape index (κ2) is 8.13. The molecule has 0 aliphatic carbocycles. The molecular weight excluding hydrogens is 282 g/mol. The molecule has 0 bridgehead atoms. The van der Waals surface area contributed by atoms with Crippen LogP contribution in [0.5, 0.6) is 0 Å². The number of aliphatic carboxylic acids is 1. The molecule has 0 aromatic heterocycles. The first-order valence-electron chi connectivity index (χ1n) is 6.23. The molecule has 0 aromatic carbocycles. The maximum atomic E-state index is 11.6. The Labute approximate surface area is 123 Å². The Kier molecular flexibility index (Phi) is 7.26. The number of ether oxygens (including phenoxy) is 3. The van der Waals surface area contributed by atoms with Gasteiger partial charge in [-0.3, -0.25) is 0 Å². The SMILES string of the molecule is C=CCOC(=O)O[C@H](C)[C@H](NC(=O)OC(C)(C)C)C(=O)O. The van der Waals surface area contributed by atoms with E-state index >= 15 is 0 Å². The zero-order valence-corrected chi connectivity index (χ0v) is 12.5. The summed E-state index contributed by atoms with van der Waals surface area (Å²) in [5.74, 6) is -1.37. The zero-order chi connectivity index (χ0) is 16.6. The lowest BCUT2D eigenvalue weighted by Crippen LogP contribution is -2.50. The summed E-state index contributed by atoms with van der Waals surface area (Å²) in [7, 11) is 0. The van der Waals surface area contributed by atoms with Gasteiger partial charge in [0, 0.05) is 0 Å². The van der Waals surface area contributed by atoms with Crippen molar-refractivity contribution in [2.45, 2.75) is 45.4 Å². The highest BCUT2D eigenvalue weighted by Gasteiger charge is 2.31. The van der Waals surface area contributed by atoms with Crippen molar-refractivity contribution < 1.29 is 33.7 Å². The fourth-order valence-corrected chi connectivity index (χ4v) is 1.20. The third-order valence-corrected chi connectivity index (χ3v) is 2.01. The van der Waals surface area contributed by atoms with Gasteiger partial charge in [-0.05, 0) is 27.7 Å². The van der Waals surface area contributed by atoms with Crippen molar-refractivity contribution in [1.29, 1.82) is 0 Å². The van der Waals surface area contributed by atoms with E-state index in [9.17, 15) is 14.4 Å². The van der Waals surface area contributed by atoms with Gasteiger partial charge >= 0.3 is 18.2 Å². The highest BCUT2D eigenvalue weighted by molar-refractivity contribution is 5.81. The van der Waals surface area contributed by atoms with Gasteiger partial charge in [-0.1, -0.05) is 12.7 Å². The molecule has 0 aliphatic rings. The largest absolute Gasteiger partial charge is 0.508 e. The first-order chi connectivity index (χ1) is 9.56. The van der Waals surface area contributed by atoms with Crippen LogP contribution in [0.1, 0.15) is 27.7 Å². The van der Waals surface area contributed by atoms with Crippen LogP contribution in [0.3, 0.4) is 0 Å². The number of rotatable bonds is 6. The Morgan fingerprint density at radius 1 is 1.33 bits per heavy atom. The van der Waals surface area contributed by atoms with Crippen LogP contribution in [-0.4, -0.2) is 47.7 Å². The second-order valence-electron chi connectivity index (χ2n) is 5.13. The molecule has 0 aliphatic heterocycles. The Hall–Kier alpha value is -2.25. The molecule has 0 fully saturated rings. The topological polar surface area (TPSA) is 111 Å². The summed E-state index contributed by atoms with van der Waals surface area (Å²) >= 11 is 0. The van der Waals surface area contributed by atoms with Crippen LogP contribution in [0.4, 0.5) is 9.59 Å². The molecular formula is C13H21NO7. The first-order valence-corrected chi connectivity index (χ1v) is 6.23. The van der Waals surface area contributed by atoms with Crippen LogP contribution in [0.25, 0.3) is 0 Å². The van der Waals surface area contributed by atoms with Crippen LogP contribution in [0.15, 0.2) is 12.7 Å². The number of carboxylic acids is 1. The Balaban J connectivity index is 4.60. The second-order valence-corrected chi connectivity index (χ2v) is 5.13. The van der Waals surface area contributed by atoms with Gasteiger partial charge in [0.1, 0.15) is 18.3 Å². The molecule has 0 saturated heterocycles. The number of hydrogen-bond donors (Lipinski definition) is 2. The molecule has 0 heterocycles. The van der Waals surface area contributed by atoms with Gasteiger partial charge in [-0.25, -0.2) is 14.4 Å². The molecule has 0 unspecified atom stereocenters. The van der Waals surface area contributed by atoms with E-state index in [-0.39, 0.29) is 6.61 Å². The van der Waals surface area contributed by atoms with Gasteiger partial charge in [-0.2, -0.15) is 0 Å². The standard InChI is InChI=1S/C13H21NO7/c1-6-7-19-12(18)20-8(2)9(10(15)16)14-11(17)21-13(3,4)5/h6,8-9H,1,7H2,2-5H3,(H,14,17)(H,15,16)/t8-,9+/m1/s1. The van der Waals surface area contributed by atoms with Crippen molar-refractivity contribution in [1.82, 2.24) is 5.32 Å². The van der Waals surface area contributed by atoms with Crippen molar-refractivity contribution in [2.75, 3.05) is 6.61 Å². The van der Waals surface area contributed by atoms with Crippen LogP contribution in [-0.2, 0) is 19.0 Å². The van der Waals surface area contributed by atoms with Gasteiger partial charge in [0.15, 0.2) is 6.04 Å². The fourth-order valence-electron chi connectivity index (χ4n) is 1.20. The molecule has 0 spiro atoms. The van der Waals surface area contributed by atoms with Gasteiger partial charge in [0.25, 0.3) is 0 Å². The smallest absolute Gasteiger partial charge is 0.480 e. The van der Waals surface area contributed by atoms with Crippen LogP contribution >= 0.6 is 0 Å². The molecule has 0 radical (unpaired) electrons. The lowest BCUT2D eigenvalue weighted by molar-refractivity contribution is -0.142. The lowest BCUT2D eigenvalue weighted by atomic mass is 10.2. The molecule has 2 atom stereocenters. The van der Waals surface area contributed by atoms with Crippen molar-refractivity contribution in [3.05, 3.63) is 12.7 Å². The minimum absolute atomic E-state index is 0.0667. The van der Waals surface area contributed by atoms with Crippen molar-refractivity contribution in [3.63, 3.8) is 0 Å². The summed E-state index contributed by atoms with van der Waals surface area (Å²) in [5, 5.41) is 11.2. The molecule has 0 saturated carbocycles. The molecule has 0 aromatic rings. The van der Waals surface area contributed by atoms with E-state index in [1.165, 1.54) is 13.0 Å². The third kappa shape index (κ3) is 8.51. The number of amides is 1. The summed E-state index contributed by atoms with van der Waals surface area (Å²) < 4.78 is 14.2. The fraction of sp³-hybridized carbons (Fsp3) is 0.615. The molecule has 2 N–H and O–H groups in total. The molecule has 1 amide bonds.